The van der Waals surface area contributed by atoms with Crippen LogP contribution in [0.3, 0.4) is 0 Å². The van der Waals surface area contributed by atoms with E-state index < -0.39 is 6.09 Å². The Kier molecular flexibility index (Phi) is 21.0. The van der Waals surface area contributed by atoms with Gasteiger partial charge in [-0.1, -0.05) is 142 Å². The first-order chi connectivity index (χ1) is 30.4. The van der Waals surface area contributed by atoms with E-state index in [-0.39, 0.29) is 38.8 Å². The molecule has 11 nitrogen and oxygen atoms in total. The molecule has 2 amide bonds. The van der Waals surface area contributed by atoms with Crippen LogP contribution in [-0.4, -0.2) is 38.5 Å². The number of carbonyl (C=O) groups is 2. The fourth-order valence-electron chi connectivity index (χ4n) is 6.36. The highest BCUT2D eigenvalue weighted by atomic mass is 35.5. The lowest BCUT2D eigenvalue weighted by molar-refractivity contribution is -0.116. The molecule has 0 aliphatic heterocycles. The molecule has 8 aromatic rings. The number of anilines is 3. The number of ether oxygens (including phenoxy) is 1. The minimum Gasteiger partial charge on any atom is -0.449 e. The van der Waals surface area contributed by atoms with E-state index in [9.17, 15) is 9.59 Å². The summed E-state index contributed by atoms with van der Waals surface area (Å²) in [4.78, 5) is 40.4. The number of nitrogens with one attached hydrogen (secondary N) is 1. The third-order valence-corrected chi connectivity index (χ3v) is 10.1. The molecule has 0 bridgehead atoms. The fourth-order valence-corrected chi connectivity index (χ4v) is 6.98. The maximum absolute atomic E-state index is 12.3. The largest absolute Gasteiger partial charge is 0.449 e. The van der Waals surface area contributed by atoms with Gasteiger partial charge in [-0.25, -0.2) is 35.6 Å². The molecule has 0 aliphatic carbocycles. The monoisotopic (exact) mass is 946 g/mol. The highest BCUT2D eigenvalue weighted by molar-refractivity contribution is 6.35. The molecule has 66 heavy (non-hydrogen) atoms. The second-order valence-electron chi connectivity index (χ2n) is 14.4. The number of aryl methyl sites for hydroxylation is 2. The Morgan fingerprint density at radius 1 is 0.591 bits per heavy atom. The maximum atomic E-state index is 12.3. The molecule has 0 unspecified atom stereocenters. The predicted molar refractivity (Wildman–Crippen MR) is 276 cm³/mol. The third kappa shape index (κ3) is 15.0. The number of aromatic nitrogens is 4. The fraction of sp³-hybridized carbons (Fsp3) is 0.192. The first-order valence-electron chi connectivity index (χ1n) is 19.9. The lowest BCUT2D eigenvalue weighted by Crippen LogP contribution is -2.37. The van der Waals surface area contributed by atoms with Crippen LogP contribution in [0.15, 0.2) is 146 Å². The number of rotatable bonds is 9. The van der Waals surface area contributed by atoms with Crippen LogP contribution in [0.5, 0.6) is 0 Å². The van der Waals surface area contributed by atoms with Gasteiger partial charge in [0.2, 0.25) is 16.5 Å². The molecular formula is C52H57Cl3N8O3. The number of amides is 2. The van der Waals surface area contributed by atoms with Gasteiger partial charge in [0.05, 0.1) is 29.0 Å². The summed E-state index contributed by atoms with van der Waals surface area (Å²) in [6.45, 7) is 7.52. The summed E-state index contributed by atoms with van der Waals surface area (Å²) in [6.07, 6.45) is 1.10. The van der Waals surface area contributed by atoms with Crippen molar-refractivity contribution in [2.75, 3.05) is 22.1 Å². The van der Waals surface area contributed by atoms with Crippen LogP contribution in [0.2, 0.25) is 15.7 Å². The average molecular weight is 948 g/mol. The highest BCUT2D eigenvalue weighted by Crippen LogP contribution is 2.28. The van der Waals surface area contributed by atoms with Crippen LogP contribution < -0.4 is 21.3 Å². The van der Waals surface area contributed by atoms with Crippen molar-refractivity contribution < 1.29 is 14.3 Å². The normalized spacial score (nSPS) is 10.1. The van der Waals surface area contributed by atoms with Gasteiger partial charge in [0.1, 0.15) is 5.15 Å². The van der Waals surface area contributed by atoms with Gasteiger partial charge in [-0.2, -0.15) is 4.98 Å². The first kappa shape index (κ1) is 53.7. The van der Waals surface area contributed by atoms with Crippen molar-refractivity contribution in [1.82, 2.24) is 19.9 Å². The van der Waals surface area contributed by atoms with Crippen LogP contribution in [-0.2, 0) is 22.4 Å². The highest BCUT2D eigenvalue weighted by Gasteiger charge is 2.16. The van der Waals surface area contributed by atoms with E-state index in [0.29, 0.717) is 28.8 Å². The van der Waals surface area contributed by atoms with Gasteiger partial charge in [0.15, 0.2) is 5.82 Å². The molecule has 6 aromatic carbocycles. The number of nitrogens with zero attached hydrogens (tertiary/aromatic N) is 6. The summed E-state index contributed by atoms with van der Waals surface area (Å²) in [7, 11) is 0. The SMILES string of the molecule is C.C.C.CC(=O)N(Nc1nc(Cl)nc2ccc(Cc3ccccc3)cc12)c1ccc(C)cc1.CCOC(=O)N(N)c1ccc(C)cc1.Clc1nc(Cl)c2cc(Cc3ccccc3)ccc2n1. The van der Waals surface area contributed by atoms with E-state index >= 15 is 0 Å². The van der Waals surface area contributed by atoms with Gasteiger partial charge in [-0.05, 0) is 128 Å². The van der Waals surface area contributed by atoms with E-state index in [2.05, 4.69) is 49.6 Å². The molecule has 8 rings (SSSR count). The van der Waals surface area contributed by atoms with E-state index in [4.69, 9.17) is 45.4 Å². The second-order valence-corrected chi connectivity index (χ2v) is 15.4. The van der Waals surface area contributed by atoms with Crippen molar-refractivity contribution in [3.63, 3.8) is 0 Å². The number of halogens is 3. The third-order valence-electron chi connectivity index (χ3n) is 9.52. The molecule has 0 saturated carbocycles. The predicted octanol–water partition coefficient (Wildman–Crippen LogP) is 13.8. The zero-order chi connectivity index (χ0) is 44.9. The van der Waals surface area contributed by atoms with Crippen LogP contribution in [0.25, 0.3) is 21.8 Å². The van der Waals surface area contributed by atoms with Crippen molar-refractivity contribution in [3.05, 3.63) is 195 Å². The topological polar surface area (TPSA) is 139 Å². The molecule has 0 fully saturated rings. The van der Waals surface area contributed by atoms with E-state index in [1.54, 1.807) is 19.1 Å². The number of hydrogen-bond acceptors (Lipinski definition) is 9. The number of benzene rings is 6. The van der Waals surface area contributed by atoms with E-state index in [0.717, 1.165) is 56.5 Å². The zero-order valence-electron chi connectivity index (χ0n) is 35.1. The van der Waals surface area contributed by atoms with Crippen molar-refractivity contribution in [2.45, 2.75) is 62.8 Å². The summed E-state index contributed by atoms with van der Waals surface area (Å²) < 4.78 is 4.75. The molecule has 0 saturated heterocycles. The molecule has 0 spiro atoms. The van der Waals surface area contributed by atoms with Crippen LogP contribution in [0, 0.1) is 13.8 Å². The Bertz CT molecular complexity index is 2800. The first-order valence-corrected chi connectivity index (χ1v) is 21.1. The Labute approximate surface area is 403 Å². The molecule has 2 heterocycles. The van der Waals surface area contributed by atoms with Gasteiger partial charge in [0.25, 0.3) is 0 Å². The number of fused-ring (bicyclic) bond motifs is 2. The molecule has 14 heteroatoms. The lowest BCUT2D eigenvalue weighted by atomic mass is 10.0. The average Bonchev–Trinajstić information content (AvgIpc) is 3.27. The Hall–Kier alpha value is -6.63. The number of hydrazine groups is 2. The van der Waals surface area contributed by atoms with Crippen molar-refractivity contribution >= 4 is 85.8 Å². The summed E-state index contributed by atoms with van der Waals surface area (Å²) in [5, 5.41) is 4.77. The number of hydrogen-bond donors (Lipinski definition) is 2. The van der Waals surface area contributed by atoms with E-state index in [1.807, 2.05) is 123 Å². The Balaban J connectivity index is 0.000000278. The van der Waals surface area contributed by atoms with Gasteiger partial charge in [-0.3, -0.25) is 10.2 Å². The molecule has 344 valence electrons. The number of carbonyl (C=O) groups excluding carboxylic acids is 2. The molecule has 0 atom stereocenters. The van der Waals surface area contributed by atoms with Gasteiger partial charge in [-0.15, -0.1) is 0 Å². The molecule has 3 N–H and O–H groups in total. The van der Waals surface area contributed by atoms with Gasteiger partial charge < -0.3 is 4.74 Å². The zero-order valence-corrected chi connectivity index (χ0v) is 37.4. The molecule has 0 aliphatic rings. The van der Waals surface area contributed by atoms with Gasteiger partial charge >= 0.3 is 6.09 Å². The minimum absolute atomic E-state index is 0. The second kappa shape index (κ2) is 25.8. The maximum Gasteiger partial charge on any atom is 0.428 e. The lowest BCUT2D eigenvalue weighted by Gasteiger charge is -2.23. The summed E-state index contributed by atoms with van der Waals surface area (Å²) in [5.74, 6) is 5.85. The Morgan fingerprint density at radius 3 is 1.53 bits per heavy atom. The quantitative estimate of drug-likeness (QED) is 0.0476. The van der Waals surface area contributed by atoms with Crippen LogP contribution in [0.4, 0.5) is 22.0 Å². The standard InChI is InChI=1S/C24H21ClN4O.C15H10Cl2N2.C10H14N2O2.3CH4/c1-16-8-11-20(12-9-16)29(17(2)30)28-23-21-15-19(14-18-6-4-3-5-7-18)10-13-22(21)26-24(25)27-23;16-14-12-9-11(8-10-4-2-1-3-5-10)6-7-13(12)18-15(17)19-14;1-3-14-10(13)12(11)9-6-4-8(2)5-7-9;;;/h3-13,15H,14H2,1-2H3,(H,26,27,28);1-7,9H,8H2;4-7H,3,11H2,1-2H3;3*1H4. The minimum atomic E-state index is -0.545. The van der Waals surface area contributed by atoms with Crippen molar-refractivity contribution in [3.8, 4) is 0 Å². The van der Waals surface area contributed by atoms with Crippen LogP contribution in [0.1, 0.15) is 69.5 Å². The van der Waals surface area contributed by atoms with Crippen LogP contribution >= 0.6 is 34.8 Å². The molecule has 2 aromatic heterocycles. The van der Waals surface area contributed by atoms with Crippen molar-refractivity contribution in [2.24, 2.45) is 5.84 Å². The Morgan fingerprint density at radius 2 is 1.05 bits per heavy atom. The molecular weight excluding hydrogens is 891 g/mol. The smallest absolute Gasteiger partial charge is 0.428 e. The van der Waals surface area contributed by atoms with Crippen molar-refractivity contribution in [1.29, 1.82) is 0 Å². The van der Waals surface area contributed by atoms with E-state index in [1.165, 1.54) is 28.6 Å². The summed E-state index contributed by atoms with van der Waals surface area (Å²) in [5.41, 5.74) is 12.9. The summed E-state index contributed by atoms with van der Waals surface area (Å²) >= 11 is 18.0. The number of nitrogens with two attached hydrogens (primary N) is 1. The summed E-state index contributed by atoms with van der Waals surface area (Å²) in [6, 6.07) is 47.5. The molecule has 0 radical (unpaired) electrons. The van der Waals surface area contributed by atoms with Gasteiger partial charge in [0, 0.05) is 17.7 Å².